The smallest absolute Gasteiger partial charge is 0.304 e. The monoisotopic (exact) mass is 332 g/mol. The molecule has 0 bridgehead atoms. The Balaban J connectivity index is 1.58. The number of hydrogen-bond acceptors (Lipinski definition) is 6. The van der Waals surface area contributed by atoms with Crippen molar-refractivity contribution in [2.24, 2.45) is 0 Å². The van der Waals surface area contributed by atoms with Gasteiger partial charge in [0, 0.05) is 28.9 Å². The van der Waals surface area contributed by atoms with E-state index >= 15 is 0 Å². The van der Waals surface area contributed by atoms with Gasteiger partial charge in [0.15, 0.2) is 0 Å². The van der Waals surface area contributed by atoms with E-state index in [1.165, 1.54) is 46.4 Å². The number of thiophene rings is 1. The maximum Gasteiger partial charge on any atom is 0.304 e. The highest BCUT2D eigenvalue weighted by molar-refractivity contribution is 7.19. The molecule has 114 valence electrons. The fraction of sp³-hybridized carbons (Fsp3) is 0.400. The van der Waals surface area contributed by atoms with Gasteiger partial charge < -0.3 is 10.3 Å². The summed E-state index contributed by atoms with van der Waals surface area (Å²) in [7, 11) is 0. The van der Waals surface area contributed by atoms with Crippen LogP contribution in [0.3, 0.4) is 0 Å². The lowest BCUT2D eigenvalue weighted by atomic mass is 9.97. The predicted octanol–water partition coefficient (Wildman–Crippen LogP) is 2.97. The molecule has 3 aromatic rings. The summed E-state index contributed by atoms with van der Waals surface area (Å²) in [5.41, 5.74) is 2.42. The van der Waals surface area contributed by atoms with Crippen LogP contribution in [0.1, 0.15) is 29.0 Å². The summed E-state index contributed by atoms with van der Waals surface area (Å²) in [6.07, 6.45) is 7.27. The van der Waals surface area contributed by atoms with Crippen molar-refractivity contribution in [2.45, 2.75) is 32.1 Å². The maximum absolute atomic E-state index is 11.1. The van der Waals surface area contributed by atoms with Gasteiger partial charge in [-0.2, -0.15) is 0 Å². The van der Waals surface area contributed by atoms with Gasteiger partial charge in [-0.3, -0.25) is 4.79 Å². The Morgan fingerprint density at radius 2 is 2.18 bits per heavy atom. The number of fused-ring (bicyclic) bond motifs is 3. The maximum atomic E-state index is 11.1. The minimum absolute atomic E-state index is 0.00586. The second-order valence-electron chi connectivity index (χ2n) is 5.46. The van der Waals surface area contributed by atoms with Crippen LogP contribution in [0.4, 0.5) is 5.82 Å². The quantitative estimate of drug-likeness (QED) is 0.770. The van der Waals surface area contributed by atoms with E-state index in [1.54, 1.807) is 6.33 Å². The molecule has 0 atom stereocenters. The van der Waals surface area contributed by atoms with Crippen molar-refractivity contribution in [1.82, 2.24) is 15.0 Å². The Kier molecular flexibility index (Phi) is 3.67. The fourth-order valence-electron chi connectivity index (χ4n) is 2.98. The molecule has 0 aliphatic heterocycles. The van der Waals surface area contributed by atoms with E-state index in [2.05, 4.69) is 20.3 Å². The van der Waals surface area contributed by atoms with Crippen LogP contribution in [0, 0.1) is 0 Å². The zero-order chi connectivity index (χ0) is 14.9. The molecule has 1 aliphatic rings. The van der Waals surface area contributed by atoms with Crippen LogP contribution >= 0.6 is 22.7 Å². The third-order valence-electron chi connectivity index (χ3n) is 4.01. The molecule has 22 heavy (non-hydrogen) atoms. The molecule has 7 heteroatoms. The number of nitrogens with one attached hydrogen (secondary N) is 2. The minimum Gasteiger partial charge on any atom is -0.369 e. The van der Waals surface area contributed by atoms with Crippen LogP contribution in [-0.2, 0) is 19.3 Å². The number of aromatic nitrogens is 3. The largest absolute Gasteiger partial charge is 0.369 e. The van der Waals surface area contributed by atoms with E-state index in [4.69, 9.17) is 0 Å². The molecule has 0 aromatic carbocycles. The normalized spacial score (nSPS) is 14.2. The molecule has 0 spiro atoms. The summed E-state index contributed by atoms with van der Waals surface area (Å²) < 4.78 is 0. The van der Waals surface area contributed by atoms with Crippen LogP contribution in [-0.4, -0.2) is 21.5 Å². The summed E-state index contributed by atoms with van der Waals surface area (Å²) >= 11 is 3.02. The van der Waals surface area contributed by atoms with Crippen molar-refractivity contribution in [3.63, 3.8) is 0 Å². The Bertz CT molecular complexity index is 864. The first-order valence-corrected chi connectivity index (χ1v) is 9.16. The molecule has 0 unspecified atom stereocenters. The molecule has 4 rings (SSSR count). The number of thiazole rings is 1. The summed E-state index contributed by atoms with van der Waals surface area (Å²) in [6.45, 7) is 0.753. The lowest BCUT2D eigenvalue weighted by Gasteiger charge is -2.12. The van der Waals surface area contributed by atoms with E-state index in [-0.39, 0.29) is 4.87 Å². The van der Waals surface area contributed by atoms with Crippen LogP contribution in [0.15, 0.2) is 16.5 Å². The highest BCUT2D eigenvalue weighted by atomic mass is 32.1. The summed E-state index contributed by atoms with van der Waals surface area (Å²) in [5.74, 6) is 0.932. The third-order valence-corrected chi connectivity index (χ3v) is 5.93. The molecule has 0 saturated heterocycles. The Labute approximate surface area is 135 Å². The second-order valence-corrected chi connectivity index (χ2v) is 7.39. The molecule has 0 fully saturated rings. The Morgan fingerprint density at radius 1 is 1.27 bits per heavy atom. The molecule has 3 aromatic heterocycles. The van der Waals surface area contributed by atoms with Crippen molar-refractivity contribution in [2.75, 3.05) is 11.9 Å². The zero-order valence-electron chi connectivity index (χ0n) is 12.0. The predicted molar refractivity (Wildman–Crippen MR) is 91.2 cm³/mol. The number of rotatable bonds is 4. The Hall–Kier alpha value is -1.73. The first-order valence-electron chi connectivity index (χ1n) is 7.47. The number of hydrogen-bond donors (Lipinski definition) is 2. The number of nitrogens with zero attached hydrogens (tertiary/aromatic N) is 2. The van der Waals surface area contributed by atoms with E-state index in [0.717, 1.165) is 35.7 Å². The van der Waals surface area contributed by atoms with Crippen molar-refractivity contribution < 1.29 is 0 Å². The topological polar surface area (TPSA) is 70.7 Å². The van der Waals surface area contributed by atoms with E-state index in [0.29, 0.717) is 0 Å². The van der Waals surface area contributed by atoms with Gasteiger partial charge in [-0.25, -0.2) is 9.97 Å². The van der Waals surface area contributed by atoms with Crippen LogP contribution in [0.25, 0.3) is 10.2 Å². The average molecular weight is 332 g/mol. The Morgan fingerprint density at radius 3 is 3.05 bits per heavy atom. The highest BCUT2D eigenvalue weighted by Crippen LogP contribution is 2.37. The van der Waals surface area contributed by atoms with Gasteiger partial charge in [0.2, 0.25) is 0 Å². The van der Waals surface area contributed by atoms with Crippen molar-refractivity contribution in [1.29, 1.82) is 0 Å². The fourth-order valence-corrected chi connectivity index (χ4v) is 4.82. The first-order chi connectivity index (χ1) is 10.8. The zero-order valence-corrected chi connectivity index (χ0v) is 13.6. The molecular formula is C15H16N4OS2. The third kappa shape index (κ3) is 2.55. The van der Waals surface area contributed by atoms with Gasteiger partial charge >= 0.3 is 4.87 Å². The SMILES string of the molecule is O=c1[nH]c(CCNc2ncnc3sc4c(c23)CCCC4)cs1. The summed E-state index contributed by atoms with van der Waals surface area (Å²) in [5, 5.41) is 6.51. The number of H-pyrrole nitrogens is 1. The highest BCUT2D eigenvalue weighted by Gasteiger charge is 2.19. The summed E-state index contributed by atoms with van der Waals surface area (Å²) in [4.78, 5) is 25.4. The van der Waals surface area contributed by atoms with Crippen LogP contribution in [0.2, 0.25) is 0 Å². The lowest BCUT2D eigenvalue weighted by molar-refractivity contribution is 0.700. The van der Waals surface area contributed by atoms with Gasteiger partial charge in [-0.05, 0) is 31.2 Å². The van der Waals surface area contributed by atoms with Gasteiger partial charge in [-0.1, -0.05) is 11.3 Å². The molecule has 2 N–H and O–H groups in total. The minimum atomic E-state index is 0.00586. The van der Waals surface area contributed by atoms with E-state index in [1.807, 2.05) is 16.7 Å². The van der Waals surface area contributed by atoms with E-state index < -0.39 is 0 Å². The standard InChI is InChI=1S/C15H16N4OS2/c20-15-19-9(7-21-15)5-6-16-13-12-10-3-1-2-4-11(10)22-14(12)18-8-17-13/h7-8H,1-6H2,(H,19,20)(H,16,17,18). The molecular weight excluding hydrogens is 316 g/mol. The molecule has 1 aliphatic carbocycles. The van der Waals surface area contributed by atoms with Gasteiger partial charge in [-0.15, -0.1) is 11.3 Å². The molecule has 0 saturated carbocycles. The first kappa shape index (κ1) is 13.9. The summed E-state index contributed by atoms with van der Waals surface area (Å²) in [6, 6.07) is 0. The van der Waals surface area contributed by atoms with Crippen molar-refractivity contribution in [3.05, 3.63) is 37.5 Å². The number of anilines is 1. The average Bonchev–Trinajstić information content (AvgIpc) is 3.11. The number of aromatic amines is 1. The van der Waals surface area contributed by atoms with Gasteiger partial charge in [0.1, 0.15) is 17.0 Å². The van der Waals surface area contributed by atoms with Crippen LogP contribution in [0.5, 0.6) is 0 Å². The van der Waals surface area contributed by atoms with Gasteiger partial charge in [0.05, 0.1) is 5.39 Å². The van der Waals surface area contributed by atoms with Crippen LogP contribution < -0.4 is 10.2 Å². The van der Waals surface area contributed by atoms with Crippen molar-refractivity contribution >= 4 is 38.7 Å². The molecule has 3 heterocycles. The molecule has 0 radical (unpaired) electrons. The molecule has 5 nitrogen and oxygen atoms in total. The van der Waals surface area contributed by atoms with E-state index in [9.17, 15) is 4.79 Å². The van der Waals surface area contributed by atoms with Crippen molar-refractivity contribution in [3.8, 4) is 0 Å². The molecule has 0 amide bonds. The lowest BCUT2D eigenvalue weighted by Crippen LogP contribution is -2.09. The van der Waals surface area contributed by atoms with Gasteiger partial charge in [0.25, 0.3) is 0 Å². The number of aryl methyl sites for hydroxylation is 2. The second kappa shape index (κ2) is 5.81.